The van der Waals surface area contributed by atoms with Crippen molar-refractivity contribution >= 4 is 22.6 Å². The first-order chi connectivity index (χ1) is 11.9. The molecule has 2 aromatic carbocycles. The van der Waals surface area contributed by atoms with Gasteiger partial charge < -0.3 is 5.73 Å². The summed E-state index contributed by atoms with van der Waals surface area (Å²) in [6.45, 7) is 3.85. The van der Waals surface area contributed by atoms with Gasteiger partial charge in [0.05, 0.1) is 11.3 Å². The summed E-state index contributed by atoms with van der Waals surface area (Å²) in [5, 5.41) is 10.5. The third kappa shape index (κ3) is 3.01. The average Bonchev–Trinajstić information content (AvgIpc) is 2.57. The second kappa shape index (κ2) is 6.24. The van der Waals surface area contributed by atoms with Gasteiger partial charge in [-0.25, -0.2) is 0 Å². The molecule has 126 valence electrons. The van der Waals surface area contributed by atoms with Crippen molar-refractivity contribution in [3.8, 4) is 5.69 Å². The van der Waals surface area contributed by atoms with E-state index in [1.807, 2.05) is 32.0 Å². The predicted molar refractivity (Wildman–Crippen MR) is 98.4 cm³/mol. The van der Waals surface area contributed by atoms with Crippen molar-refractivity contribution in [3.05, 3.63) is 75.7 Å². The molecule has 3 rings (SSSR count). The number of guanidine groups is 1. The van der Waals surface area contributed by atoms with Crippen LogP contribution in [0.1, 0.15) is 21.5 Å². The van der Waals surface area contributed by atoms with Crippen LogP contribution >= 0.6 is 0 Å². The van der Waals surface area contributed by atoms with E-state index in [1.54, 1.807) is 24.3 Å². The van der Waals surface area contributed by atoms with E-state index in [-0.39, 0.29) is 11.1 Å². The van der Waals surface area contributed by atoms with E-state index < -0.39 is 11.9 Å². The normalized spacial score (nSPS) is 10.6. The highest BCUT2D eigenvalue weighted by molar-refractivity contribution is 6.11. The second-order valence-corrected chi connectivity index (χ2v) is 5.92. The molecule has 0 fully saturated rings. The number of aromatic nitrogens is 1. The Bertz CT molecular complexity index is 1070. The lowest BCUT2D eigenvalue weighted by Crippen LogP contribution is -2.36. The molecule has 1 aromatic heterocycles. The number of carbonyl (C=O) groups is 1. The van der Waals surface area contributed by atoms with Gasteiger partial charge in [0.15, 0.2) is 5.96 Å². The van der Waals surface area contributed by atoms with Gasteiger partial charge in [0, 0.05) is 17.0 Å². The number of rotatable bonds is 2. The topological polar surface area (TPSA) is 101 Å². The minimum atomic E-state index is -0.525. The molecule has 25 heavy (non-hydrogen) atoms. The number of benzene rings is 2. The Morgan fingerprint density at radius 1 is 1.12 bits per heavy atom. The molecule has 1 amide bonds. The van der Waals surface area contributed by atoms with Gasteiger partial charge in [-0.2, -0.15) is 0 Å². The zero-order chi connectivity index (χ0) is 18.1. The quantitative estimate of drug-likeness (QED) is 0.495. The van der Waals surface area contributed by atoms with Gasteiger partial charge >= 0.3 is 0 Å². The number of hydrogen-bond donors (Lipinski definition) is 3. The number of aryl methyl sites for hydroxylation is 2. The standard InChI is InChI=1S/C19H18N4O2/c1-11-7-8-12(2)16(9-11)23-10-15(17(24)22-19(20)21)13-5-3-4-6-14(13)18(23)25/h3-10H,1-2H3,(H4,20,21,22,24). The Morgan fingerprint density at radius 2 is 1.80 bits per heavy atom. The van der Waals surface area contributed by atoms with E-state index in [1.165, 1.54) is 10.8 Å². The SMILES string of the molecule is Cc1ccc(C)c(-n2cc(C(=O)NC(=N)N)c3ccccc3c2=O)c1. The summed E-state index contributed by atoms with van der Waals surface area (Å²) in [4.78, 5) is 25.4. The van der Waals surface area contributed by atoms with E-state index in [0.717, 1.165) is 11.1 Å². The van der Waals surface area contributed by atoms with Crippen molar-refractivity contribution in [1.29, 1.82) is 5.41 Å². The molecular formula is C19H18N4O2. The first-order valence-corrected chi connectivity index (χ1v) is 7.76. The number of carbonyl (C=O) groups excluding carboxylic acids is 1. The molecule has 0 aliphatic rings. The molecule has 6 nitrogen and oxygen atoms in total. The Morgan fingerprint density at radius 3 is 2.48 bits per heavy atom. The van der Waals surface area contributed by atoms with E-state index in [0.29, 0.717) is 16.5 Å². The van der Waals surface area contributed by atoms with Crippen LogP contribution in [0.5, 0.6) is 0 Å². The van der Waals surface area contributed by atoms with Crippen LogP contribution < -0.4 is 16.6 Å². The van der Waals surface area contributed by atoms with Gasteiger partial charge in [-0.05, 0) is 37.1 Å². The number of pyridine rings is 1. The molecule has 4 N–H and O–H groups in total. The summed E-state index contributed by atoms with van der Waals surface area (Å²) < 4.78 is 1.47. The van der Waals surface area contributed by atoms with Gasteiger partial charge in [-0.1, -0.05) is 30.3 Å². The number of fused-ring (bicyclic) bond motifs is 1. The van der Waals surface area contributed by atoms with E-state index in [9.17, 15) is 9.59 Å². The molecule has 0 bridgehead atoms. The van der Waals surface area contributed by atoms with Crippen LogP contribution in [0, 0.1) is 19.3 Å². The maximum Gasteiger partial charge on any atom is 0.263 e. The lowest BCUT2D eigenvalue weighted by atomic mass is 10.1. The zero-order valence-electron chi connectivity index (χ0n) is 14.0. The molecule has 0 aliphatic carbocycles. The minimum Gasteiger partial charge on any atom is -0.370 e. The van der Waals surface area contributed by atoms with Crippen LogP contribution in [0.3, 0.4) is 0 Å². The fourth-order valence-corrected chi connectivity index (χ4v) is 2.82. The summed E-state index contributed by atoms with van der Waals surface area (Å²) in [7, 11) is 0. The highest BCUT2D eigenvalue weighted by atomic mass is 16.2. The third-order valence-electron chi connectivity index (χ3n) is 4.04. The number of nitrogens with two attached hydrogens (primary N) is 1. The molecule has 0 saturated heterocycles. The minimum absolute atomic E-state index is 0.205. The monoisotopic (exact) mass is 334 g/mol. The van der Waals surface area contributed by atoms with Gasteiger partial charge in [0.25, 0.3) is 11.5 Å². The summed E-state index contributed by atoms with van der Waals surface area (Å²) >= 11 is 0. The summed E-state index contributed by atoms with van der Waals surface area (Å²) in [5.41, 5.74) is 8.00. The highest BCUT2D eigenvalue weighted by Gasteiger charge is 2.16. The van der Waals surface area contributed by atoms with Gasteiger partial charge in [-0.3, -0.25) is 24.9 Å². The van der Waals surface area contributed by atoms with E-state index in [4.69, 9.17) is 11.1 Å². The fourth-order valence-electron chi connectivity index (χ4n) is 2.82. The van der Waals surface area contributed by atoms with E-state index >= 15 is 0 Å². The Kier molecular flexibility index (Phi) is 4.10. The molecule has 3 aromatic rings. The molecule has 0 aliphatic heterocycles. The third-order valence-corrected chi connectivity index (χ3v) is 4.04. The number of amides is 1. The van der Waals surface area contributed by atoms with Crippen molar-refractivity contribution in [2.45, 2.75) is 13.8 Å². The molecule has 1 heterocycles. The van der Waals surface area contributed by atoms with Crippen molar-refractivity contribution in [3.63, 3.8) is 0 Å². The van der Waals surface area contributed by atoms with Crippen molar-refractivity contribution in [2.75, 3.05) is 0 Å². The molecule has 0 spiro atoms. The average molecular weight is 334 g/mol. The summed E-state index contributed by atoms with van der Waals surface area (Å²) in [6.07, 6.45) is 1.50. The largest absolute Gasteiger partial charge is 0.370 e. The highest BCUT2D eigenvalue weighted by Crippen LogP contribution is 2.20. The van der Waals surface area contributed by atoms with Crippen molar-refractivity contribution in [2.24, 2.45) is 5.73 Å². The summed E-state index contributed by atoms with van der Waals surface area (Å²) in [5.74, 6) is -0.971. The molecule has 0 unspecified atom stereocenters. The molecule has 0 radical (unpaired) electrons. The Labute approximate surface area is 144 Å². The maximum absolute atomic E-state index is 13.0. The number of nitrogens with one attached hydrogen (secondary N) is 2. The number of nitrogens with zero attached hydrogens (tertiary/aromatic N) is 1. The van der Waals surface area contributed by atoms with Crippen LogP contribution in [0.2, 0.25) is 0 Å². The van der Waals surface area contributed by atoms with Crippen LogP contribution in [-0.2, 0) is 0 Å². The van der Waals surface area contributed by atoms with Crippen LogP contribution in [0.15, 0.2) is 53.5 Å². The van der Waals surface area contributed by atoms with Gasteiger partial charge in [-0.15, -0.1) is 0 Å². The maximum atomic E-state index is 13.0. The molecule has 6 heteroatoms. The van der Waals surface area contributed by atoms with Crippen LogP contribution in [0.25, 0.3) is 16.5 Å². The van der Waals surface area contributed by atoms with Gasteiger partial charge in [0.2, 0.25) is 0 Å². The lowest BCUT2D eigenvalue weighted by molar-refractivity contribution is 0.0977. The Balaban J connectivity index is 2.36. The second-order valence-electron chi connectivity index (χ2n) is 5.92. The molecular weight excluding hydrogens is 316 g/mol. The molecule has 0 atom stereocenters. The van der Waals surface area contributed by atoms with Crippen LogP contribution in [0.4, 0.5) is 0 Å². The van der Waals surface area contributed by atoms with Crippen molar-refractivity contribution in [1.82, 2.24) is 9.88 Å². The molecule has 0 saturated carbocycles. The summed E-state index contributed by atoms with van der Waals surface area (Å²) in [6, 6.07) is 12.7. The Hall–Kier alpha value is -3.41. The first-order valence-electron chi connectivity index (χ1n) is 7.76. The smallest absolute Gasteiger partial charge is 0.263 e. The van der Waals surface area contributed by atoms with Crippen LogP contribution in [-0.4, -0.2) is 16.4 Å². The lowest BCUT2D eigenvalue weighted by Gasteiger charge is -2.14. The van der Waals surface area contributed by atoms with E-state index in [2.05, 4.69) is 5.32 Å². The zero-order valence-corrected chi connectivity index (χ0v) is 14.0. The van der Waals surface area contributed by atoms with Gasteiger partial charge in [0.1, 0.15) is 0 Å². The number of hydrogen-bond acceptors (Lipinski definition) is 3. The first kappa shape index (κ1) is 16.4. The fraction of sp³-hybridized carbons (Fsp3) is 0.105. The van der Waals surface area contributed by atoms with Crippen molar-refractivity contribution < 1.29 is 4.79 Å². The predicted octanol–water partition coefficient (Wildman–Crippen LogP) is 2.23.